The average Bonchev–Trinajstić information content (AvgIpc) is 3.00. The number of hydrogen-bond acceptors (Lipinski definition) is 6. The van der Waals surface area contributed by atoms with Crippen molar-refractivity contribution in [3.63, 3.8) is 0 Å². The van der Waals surface area contributed by atoms with E-state index in [1.807, 2.05) is 23.8 Å². The monoisotopic (exact) mass is 278 g/mol. The first-order chi connectivity index (χ1) is 9.67. The van der Waals surface area contributed by atoms with Gasteiger partial charge in [-0.2, -0.15) is 0 Å². The number of nitrogens with one attached hydrogen (secondary N) is 1. The molecular formula is C13H22N6O. The molecule has 1 amide bonds. The van der Waals surface area contributed by atoms with Gasteiger partial charge in [-0.05, 0) is 19.3 Å². The predicted octanol–water partition coefficient (Wildman–Crippen LogP) is 0.383. The smallest absolute Gasteiger partial charge is 0.242 e. The van der Waals surface area contributed by atoms with Crippen molar-refractivity contribution in [1.29, 1.82) is 0 Å². The summed E-state index contributed by atoms with van der Waals surface area (Å²) in [7, 11) is 1.87. The number of nitrogens with zero attached hydrogens (tertiary/aromatic N) is 4. The van der Waals surface area contributed by atoms with Gasteiger partial charge in [-0.15, -0.1) is 0 Å². The highest BCUT2D eigenvalue weighted by atomic mass is 16.2. The van der Waals surface area contributed by atoms with Crippen molar-refractivity contribution in [2.75, 3.05) is 37.0 Å². The fraction of sp³-hybridized carbons (Fsp3) is 0.615. The van der Waals surface area contributed by atoms with E-state index in [0.29, 0.717) is 12.4 Å². The molecule has 1 saturated heterocycles. The summed E-state index contributed by atoms with van der Waals surface area (Å²) in [5.74, 6) is 6.97. The molecule has 1 fully saturated rings. The molecular weight excluding hydrogens is 256 g/mol. The Labute approximate surface area is 119 Å². The van der Waals surface area contributed by atoms with Gasteiger partial charge in [0.15, 0.2) is 0 Å². The minimum Gasteiger partial charge on any atom is -0.350 e. The largest absolute Gasteiger partial charge is 0.350 e. The lowest BCUT2D eigenvalue weighted by molar-refractivity contribution is -0.128. The number of nitrogen functional groups attached to an aromatic ring is 1. The van der Waals surface area contributed by atoms with Crippen molar-refractivity contribution in [3.05, 3.63) is 11.9 Å². The Morgan fingerprint density at radius 1 is 1.45 bits per heavy atom. The Bertz CT molecular complexity index is 472. The van der Waals surface area contributed by atoms with E-state index in [2.05, 4.69) is 15.4 Å². The van der Waals surface area contributed by atoms with Gasteiger partial charge in [0.05, 0.1) is 6.54 Å². The third-order valence-electron chi connectivity index (χ3n) is 3.61. The maximum atomic E-state index is 12.2. The first-order valence-corrected chi connectivity index (χ1v) is 6.96. The van der Waals surface area contributed by atoms with Crippen LogP contribution in [0.4, 0.5) is 11.6 Å². The average molecular weight is 278 g/mol. The summed E-state index contributed by atoms with van der Waals surface area (Å²) in [5, 5.41) is 0. The van der Waals surface area contributed by atoms with E-state index in [4.69, 9.17) is 5.84 Å². The van der Waals surface area contributed by atoms with Gasteiger partial charge >= 0.3 is 0 Å². The van der Waals surface area contributed by atoms with E-state index >= 15 is 0 Å². The molecule has 1 aliphatic rings. The summed E-state index contributed by atoms with van der Waals surface area (Å²) in [6.07, 6.45) is 4.41. The molecule has 0 atom stereocenters. The lowest BCUT2D eigenvalue weighted by atomic mass is 10.2. The van der Waals surface area contributed by atoms with Crippen LogP contribution < -0.4 is 16.2 Å². The zero-order chi connectivity index (χ0) is 14.5. The Kier molecular flexibility index (Phi) is 4.73. The van der Waals surface area contributed by atoms with Gasteiger partial charge in [0, 0.05) is 25.7 Å². The highest BCUT2D eigenvalue weighted by Gasteiger charge is 2.21. The second-order valence-corrected chi connectivity index (χ2v) is 4.97. The Morgan fingerprint density at radius 2 is 2.15 bits per heavy atom. The molecule has 1 aromatic heterocycles. The molecule has 0 aromatic carbocycles. The van der Waals surface area contributed by atoms with Gasteiger partial charge in [0.1, 0.15) is 18.0 Å². The van der Waals surface area contributed by atoms with Crippen molar-refractivity contribution in [2.24, 2.45) is 5.84 Å². The number of anilines is 2. The van der Waals surface area contributed by atoms with E-state index in [1.165, 1.54) is 6.33 Å². The van der Waals surface area contributed by atoms with E-state index in [1.54, 1.807) is 0 Å². The molecule has 7 heteroatoms. The van der Waals surface area contributed by atoms with Gasteiger partial charge in [0.2, 0.25) is 5.91 Å². The molecule has 3 N–H and O–H groups in total. The predicted molar refractivity (Wildman–Crippen MR) is 78.3 cm³/mol. The van der Waals surface area contributed by atoms with Crippen molar-refractivity contribution in [1.82, 2.24) is 14.9 Å². The first-order valence-electron chi connectivity index (χ1n) is 6.96. The van der Waals surface area contributed by atoms with Crippen LogP contribution >= 0.6 is 0 Å². The maximum Gasteiger partial charge on any atom is 0.242 e. The second kappa shape index (κ2) is 6.51. The lowest BCUT2D eigenvalue weighted by Crippen LogP contribution is -2.38. The molecule has 2 heterocycles. The number of amides is 1. The molecule has 0 saturated carbocycles. The van der Waals surface area contributed by atoms with Gasteiger partial charge in [-0.25, -0.2) is 15.8 Å². The van der Waals surface area contributed by atoms with Crippen LogP contribution in [0, 0.1) is 0 Å². The Balaban J connectivity index is 2.12. The molecule has 110 valence electrons. The number of carbonyl (C=O) groups excluding carboxylic acids is 1. The molecule has 20 heavy (non-hydrogen) atoms. The number of hydrogen-bond donors (Lipinski definition) is 2. The van der Waals surface area contributed by atoms with Crippen LogP contribution in [0.5, 0.6) is 0 Å². The molecule has 7 nitrogen and oxygen atoms in total. The van der Waals surface area contributed by atoms with E-state index in [9.17, 15) is 4.79 Å². The van der Waals surface area contributed by atoms with Crippen molar-refractivity contribution < 1.29 is 4.79 Å². The second-order valence-electron chi connectivity index (χ2n) is 4.97. The highest BCUT2D eigenvalue weighted by Crippen LogP contribution is 2.22. The zero-order valence-corrected chi connectivity index (χ0v) is 12.1. The normalized spacial score (nSPS) is 14.4. The van der Waals surface area contributed by atoms with Crippen molar-refractivity contribution >= 4 is 17.5 Å². The SMILES string of the molecule is CCc1c(NN)ncnc1N(C)CC(=O)N1CCCC1. The minimum atomic E-state index is 0.146. The van der Waals surface area contributed by atoms with Crippen LogP contribution in [0.15, 0.2) is 6.33 Å². The third kappa shape index (κ3) is 2.98. The summed E-state index contributed by atoms with van der Waals surface area (Å²) in [5.41, 5.74) is 3.50. The summed E-state index contributed by atoms with van der Waals surface area (Å²) < 4.78 is 0. The number of rotatable bonds is 5. The molecule has 2 rings (SSSR count). The molecule has 0 spiro atoms. The topological polar surface area (TPSA) is 87.4 Å². The van der Waals surface area contributed by atoms with E-state index in [0.717, 1.165) is 43.7 Å². The quantitative estimate of drug-likeness (QED) is 0.598. The number of likely N-dealkylation sites (N-methyl/N-ethyl adjacent to an activating group) is 1. The zero-order valence-electron chi connectivity index (χ0n) is 12.1. The summed E-state index contributed by atoms with van der Waals surface area (Å²) >= 11 is 0. The first kappa shape index (κ1) is 14.5. The lowest BCUT2D eigenvalue weighted by Gasteiger charge is -2.24. The third-order valence-corrected chi connectivity index (χ3v) is 3.61. The number of aromatic nitrogens is 2. The number of hydrazine groups is 1. The van der Waals surface area contributed by atoms with Crippen molar-refractivity contribution in [2.45, 2.75) is 26.2 Å². The Morgan fingerprint density at radius 3 is 2.75 bits per heavy atom. The molecule has 0 unspecified atom stereocenters. The maximum absolute atomic E-state index is 12.2. The molecule has 0 radical (unpaired) electrons. The van der Waals surface area contributed by atoms with E-state index in [-0.39, 0.29) is 5.91 Å². The fourth-order valence-corrected chi connectivity index (χ4v) is 2.53. The number of nitrogens with two attached hydrogens (primary N) is 1. The Hall–Kier alpha value is -1.89. The number of likely N-dealkylation sites (tertiary alicyclic amines) is 1. The summed E-state index contributed by atoms with van der Waals surface area (Å²) in [6.45, 7) is 4.08. The van der Waals surface area contributed by atoms with Crippen LogP contribution in [0.3, 0.4) is 0 Å². The summed E-state index contributed by atoms with van der Waals surface area (Å²) in [4.78, 5) is 24.3. The number of carbonyl (C=O) groups is 1. The fourth-order valence-electron chi connectivity index (χ4n) is 2.53. The summed E-state index contributed by atoms with van der Waals surface area (Å²) in [6, 6.07) is 0. The minimum absolute atomic E-state index is 0.146. The molecule has 1 aliphatic heterocycles. The highest BCUT2D eigenvalue weighted by molar-refractivity contribution is 5.81. The van der Waals surface area contributed by atoms with Gasteiger partial charge in [-0.3, -0.25) is 4.79 Å². The molecule has 0 bridgehead atoms. The van der Waals surface area contributed by atoms with Crippen LogP contribution in [0.2, 0.25) is 0 Å². The molecule has 0 aliphatic carbocycles. The standard InChI is InChI=1S/C13H22N6O/c1-3-10-12(17-14)15-9-16-13(10)18(2)8-11(20)19-6-4-5-7-19/h9H,3-8,14H2,1-2H3,(H,15,16,17). The van der Waals surface area contributed by atoms with Gasteiger partial charge < -0.3 is 15.2 Å². The van der Waals surface area contributed by atoms with Crippen LogP contribution in [0.25, 0.3) is 0 Å². The van der Waals surface area contributed by atoms with Crippen molar-refractivity contribution in [3.8, 4) is 0 Å². The van der Waals surface area contributed by atoms with E-state index < -0.39 is 0 Å². The van der Waals surface area contributed by atoms with Crippen LogP contribution in [-0.2, 0) is 11.2 Å². The van der Waals surface area contributed by atoms with Crippen LogP contribution in [0.1, 0.15) is 25.3 Å². The van der Waals surface area contributed by atoms with Gasteiger partial charge in [0.25, 0.3) is 0 Å². The van der Waals surface area contributed by atoms with Crippen LogP contribution in [-0.4, -0.2) is 47.5 Å². The van der Waals surface area contributed by atoms with Gasteiger partial charge in [-0.1, -0.05) is 6.92 Å². The molecule has 1 aromatic rings.